The molecule has 4 nitrogen and oxygen atoms in total. The van der Waals surface area contributed by atoms with Gasteiger partial charge >= 0.3 is 0 Å². The summed E-state index contributed by atoms with van der Waals surface area (Å²) in [6.07, 6.45) is 1.46. The van der Waals surface area contributed by atoms with Crippen LogP contribution in [0.4, 0.5) is 0 Å². The Kier molecular flexibility index (Phi) is 4.00. The van der Waals surface area contributed by atoms with E-state index in [2.05, 4.69) is 9.93 Å². The van der Waals surface area contributed by atoms with Crippen molar-refractivity contribution in [2.24, 2.45) is 5.10 Å². The van der Waals surface area contributed by atoms with Gasteiger partial charge in [-0.3, -0.25) is 0 Å². The van der Waals surface area contributed by atoms with Crippen LogP contribution in [-0.4, -0.2) is 14.6 Å². The lowest BCUT2D eigenvalue weighted by atomic mass is 10.4. The maximum absolute atomic E-state index is 11.8. The summed E-state index contributed by atoms with van der Waals surface area (Å²) in [5.41, 5.74) is 0. The van der Waals surface area contributed by atoms with Crippen molar-refractivity contribution in [3.8, 4) is 0 Å². The smallest absolute Gasteiger partial charge is 0.200 e. The first-order chi connectivity index (χ1) is 8.58. The molecule has 1 aromatic heterocycles. The van der Waals surface area contributed by atoms with Crippen LogP contribution < -0.4 is 4.83 Å². The quantitative estimate of drug-likeness (QED) is 0.697. The van der Waals surface area contributed by atoms with E-state index in [1.54, 1.807) is 0 Å². The maximum atomic E-state index is 11.8. The average molecular weight is 301 g/mol. The van der Waals surface area contributed by atoms with Gasteiger partial charge in [0, 0.05) is 9.90 Å². The van der Waals surface area contributed by atoms with Crippen molar-refractivity contribution < 1.29 is 8.42 Å². The molecule has 0 aliphatic carbocycles. The Hall–Kier alpha value is -1.37. The van der Waals surface area contributed by atoms with Crippen LogP contribution in [0.1, 0.15) is 4.88 Å². The molecule has 0 aliphatic heterocycles. The first-order valence-corrected chi connectivity index (χ1v) is 7.66. The third kappa shape index (κ3) is 3.32. The second-order valence-electron chi connectivity index (χ2n) is 3.32. The zero-order valence-corrected chi connectivity index (χ0v) is 11.5. The van der Waals surface area contributed by atoms with Crippen LogP contribution in [-0.2, 0) is 10.0 Å². The van der Waals surface area contributed by atoms with Crippen molar-refractivity contribution in [3.05, 3.63) is 51.7 Å². The minimum atomic E-state index is -3.63. The molecule has 1 aromatic carbocycles. The van der Waals surface area contributed by atoms with Crippen LogP contribution in [0, 0.1) is 0 Å². The Morgan fingerprint density at radius 2 is 1.94 bits per heavy atom. The molecular formula is C11H9ClN2O2S2. The van der Waals surface area contributed by atoms with Crippen LogP contribution in [0.3, 0.4) is 0 Å². The van der Waals surface area contributed by atoms with Gasteiger partial charge in [-0.2, -0.15) is 13.5 Å². The Bertz CT molecular complexity index is 634. The fraction of sp³-hybridized carbons (Fsp3) is 0. The molecule has 0 saturated heterocycles. The fourth-order valence-corrected chi connectivity index (χ4v) is 2.69. The summed E-state index contributed by atoms with van der Waals surface area (Å²) in [5, 5.41) is 6.07. The number of nitrogens with zero attached hydrogens (tertiary/aromatic N) is 1. The minimum Gasteiger partial charge on any atom is -0.200 e. The van der Waals surface area contributed by atoms with Crippen molar-refractivity contribution in [3.63, 3.8) is 0 Å². The van der Waals surface area contributed by atoms with Crippen LogP contribution in [0.2, 0.25) is 5.02 Å². The van der Waals surface area contributed by atoms with Gasteiger partial charge in [0.2, 0.25) is 0 Å². The standard InChI is InChI=1S/C11H9ClN2O2S2/c12-9-3-5-11(6-4-9)18(15,16)14-13-8-10-2-1-7-17-10/h1-8,14H/b13-8+. The summed E-state index contributed by atoms with van der Waals surface area (Å²) >= 11 is 7.16. The van der Waals surface area contributed by atoms with Gasteiger partial charge in [-0.15, -0.1) is 11.3 Å². The van der Waals surface area contributed by atoms with E-state index in [0.29, 0.717) is 5.02 Å². The van der Waals surface area contributed by atoms with E-state index in [1.165, 1.54) is 41.8 Å². The molecule has 1 heterocycles. The van der Waals surface area contributed by atoms with Crippen molar-refractivity contribution in [1.29, 1.82) is 0 Å². The molecule has 0 atom stereocenters. The van der Waals surface area contributed by atoms with Crippen LogP contribution >= 0.6 is 22.9 Å². The van der Waals surface area contributed by atoms with Crippen molar-refractivity contribution in [1.82, 2.24) is 4.83 Å². The molecule has 0 unspecified atom stereocenters. The number of hydrogen-bond acceptors (Lipinski definition) is 4. The Labute approximate surface area is 114 Å². The molecule has 1 N–H and O–H groups in total. The van der Waals surface area contributed by atoms with Crippen LogP contribution in [0.15, 0.2) is 51.8 Å². The number of thiophene rings is 1. The predicted octanol–water partition coefficient (Wildman–Crippen LogP) is 2.71. The molecule has 0 saturated carbocycles. The third-order valence-electron chi connectivity index (χ3n) is 2.03. The molecule has 0 aliphatic rings. The topological polar surface area (TPSA) is 58.5 Å². The molecule has 0 radical (unpaired) electrons. The summed E-state index contributed by atoms with van der Waals surface area (Å²) in [5.74, 6) is 0. The maximum Gasteiger partial charge on any atom is 0.276 e. The van der Waals surface area contributed by atoms with E-state index in [1.807, 2.05) is 17.5 Å². The summed E-state index contributed by atoms with van der Waals surface area (Å²) in [6.45, 7) is 0. The van der Waals surface area contributed by atoms with Gasteiger partial charge in [0.05, 0.1) is 11.1 Å². The lowest BCUT2D eigenvalue weighted by Gasteiger charge is -2.02. The fourth-order valence-electron chi connectivity index (χ4n) is 1.19. The Morgan fingerprint density at radius 3 is 2.56 bits per heavy atom. The average Bonchev–Trinajstić information content (AvgIpc) is 2.82. The highest BCUT2D eigenvalue weighted by Crippen LogP contribution is 2.13. The van der Waals surface area contributed by atoms with Gasteiger partial charge in [0.1, 0.15) is 0 Å². The number of halogens is 1. The van der Waals surface area contributed by atoms with Gasteiger partial charge in [-0.25, -0.2) is 4.83 Å². The lowest BCUT2D eigenvalue weighted by molar-refractivity contribution is 0.584. The number of hydrogen-bond donors (Lipinski definition) is 1. The lowest BCUT2D eigenvalue weighted by Crippen LogP contribution is -2.18. The zero-order chi connectivity index (χ0) is 13.0. The van der Waals surface area contributed by atoms with Crippen molar-refractivity contribution in [2.75, 3.05) is 0 Å². The SMILES string of the molecule is O=S(=O)(N/N=C/c1cccs1)c1ccc(Cl)cc1. The van der Waals surface area contributed by atoms with Crippen LogP contribution in [0.5, 0.6) is 0 Å². The third-order valence-corrected chi connectivity index (χ3v) is 4.33. The number of sulfonamides is 1. The van der Waals surface area contributed by atoms with Gasteiger partial charge < -0.3 is 0 Å². The molecule has 2 aromatic rings. The second kappa shape index (κ2) is 5.51. The van der Waals surface area contributed by atoms with E-state index in [-0.39, 0.29) is 4.90 Å². The van der Waals surface area contributed by atoms with Crippen molar-refractivity contribution >= 4 is 39.2 Å². The van der Waals surface area contributed by atoms with Gasteiger partial charge in [0.15, 0.2) is 0 Å². The van der Waals surface area contributed by atoms with Crippen LogP contribution in [0.25, 0.3) is 0 Å². The predicted molar refractivity (Wildman–Crippen MR) is 73.7 cm³/mol. The van der Waals surface area contributed by atoms with E-state index in [0.717, 1.165) is 4.88 Å². The molecule has 7 heteroatoms. The zero-order valence-electron chi connectivity index (χ0n) is 9.08. The summed E-state index contributed by atoms with van der Waals surface area (Å²) in [6, 6.07) is 9.57. The highest BCUT2D eigenvalue weighted by molar-refractivity contribution is 7.89. The van der Waals surface area contributed by atoms with Gasteiger partial charge in [-0.1, -0.05) is 17.7 Å². The number of benzene rings is 1. The van der Waals surface area contributed by atoms with Gasteiger partial charge in [0.25, 0.3) is 10.0 Å². The second-order valence-corrected chi connectivity index (χ2v) is 6.40. The molecule has 0 fully saturated rings. The number of hydrazone groups is 1. The highest BCUT2D eigenvalue weighted by Gasteiger charge is 2.11. The molecule has 0 amide bonds. The molecular weight excluding hydrogens is 292 g/mol. The van der Waals surface area contributed by atoms with E-state index in [9.17, 15) is 8.42 Å². The molecule has 2 rings (SSSR count). The van der Waals surface area contributed by atoms with E-state index >= 15 is 0 Å². The normalized spacial score (nSPS) is 11.8. The largest absolute Gasteiger partial charge is 0.276 e. The Morgan fingerprint density at radius 1 is 1.22 bits per heavy atom. The summed E-state index contributed by atoms with van der Waals surface area (Å²) in [4.78, 5) is 3.13. The first-order valence-electron chi connectivity index (χ1n) is 4.92. The minimum absolute atomic E-state index is 0.121. The monoisotopic (exact) mass is 300 g/mol. The van der Waals surface area contributed by atoms with E-state index < -0.39 is 10.0 Å². The first kappa shape index (κ1) is 13.1. The molecule has 18 heavy (non-hydrogen) atoms. The molecule has 0 spiro atoms. The summed E-state index contributed by atoms with van der Waals surface area (Å²) < 4.78 is 23.6. The highest BCUT2D eigenvalue weighted by atomic mass is 35.5. The molecule has 94 valence electrons. The summed E-state index contributed by atoms with van der Waals surface area (Å²) in [7, 11) is -3.63. The van der Waals surface area contributed by atoms with E-state index in [4.69, 9.17) is 11.6 Å². The van der Waals surface area contributed by atoms with Crippen molar-refractivity contribution in [2.45, 2.75) is 4.90 Å². The molecule has 0 bridgehead atoms. The Balaban J connectivity index is 2.10. The number of rotatable bonds is 4. The van der Waals surface area contributed by atoms with Gasteiger partial charge in [-0.05, 0) is 35.7 Å². The number of nitrogens with one attached hydrogen (secondary N) is 1.